The maximum atomic E-state index is 13.1. The van der Waals surface area contributed by atoms with Crippen LogP contribution in [0.2, 0.25) is 0 Å². The Hall–Kier alpha value is -2.25. The Morgan fingerprint density at radius 2 is 2.05 bits per heavy atom. The van der Waals surface area contributed by atoms with Crippen molar-refractivity contribution in [3.8, 4) is 11.4 Å². The number of rotatable bonds is 3. The minimum Gasteiger partial charge on any atom is -0.338 e. The minimum absolute atomic E-state index is 0.0630. The smallest absolute Gasteiger partial charge is 0.338 e. The second-order valence-electron chi connectivity index (χ2n) is 4.07. The third kappa shape index (κ3) is 3.01. The molecular weight excluding hydrogens is 280 g/mol. The van der Waals surface area contributed by atoms with Gasteiger partial charge in [-0.05, 0) is 24.6 Å². The van der Waals surface area contributed by atoms with Gasteiger partial charge in [0.15, 0.2) is 0 Å². The number of carbonyl (C=O) groups is 1. The van der Waals surface area contributed by atoms with E-state index in [2.05, 4.69) is 14.7 Å². The average Bonchev–Trinajstić information content (AvgIpc) is 2.79. The first-order valence-corrected chi connectivity index (χ1v) is 5.46. The van der Waals surface area contributed by atoms with Gasteiger partial charge in [0.25, 0.3) is 0 Å². The van der Waals surface area contributed by atoms with Crippen molar-refractivity contribution in [2.24, 2.45) is 0 Å². The molecule has 0 aliphatic rings. The summed E-state index contributed by atoms with van der Waals surface area (Å²) < 4.78 is 54.0. The molecule has 0 saturated carbocycles. The first-order chi connectivity index (χ1) is 9.27. The van der Waals surface area contributed by atoms with Crippen molar-refractivity contribution in [3.63, 3.8) is 0 Å². The maximum absolute atomic E-state index is 13.1. The molecule has 0 aliphatic carbocycles. The summed E-state index contributed by atoms with van der Waals surface area (Å²) in [4.78, 5) is 14.5. The Kier molecular flexibility index (Phi) is 3.56. The van der Waals surface area contributed by atoms with E-state index < -0.39 is 30.1 Å². The van der Waals surface area contributed by atoms with Crippen molar-refractivity contribution in [1.29, 1.82) is 0 Å². The summed E-state index contributed by atoms with van der Waals surface area (Å²) in [5, 5.41) is 3.45. The summed E-state index contributed by atoms with van der Waals surface area (Å²) in [5.74, 6) is -3.05. The zero-order valence-electron chi connectivity index (χ0n) is 10.2. The van der Waals surface area contributed by atoms with Gasteiger partial charge in [0, 0.05) is 5.56 Å². The molecule has 0 amide bonds. The van der Waals surface area contributed by atoms with Crippen molar-refractivity contribution in [1.82, 2.24) is 10.1 Å². The highest BCUT2D eigenvalue weighted by Gasteiger charge is 2.39. The van der Waals surface area contributed by atoms with E-state index >= 15 is 0 Å². The van der Waals surface area contributed by atoms with Crippen LogP contribution < -0.4 is 0 Å². The Morgan fingerprint density at radius 3 is 2.70 bits per heavy atom. The largest absolute Gasteiger partial charge is 0.450 e. The average molecular weight is 288 g/mol. The SMILES string of the molecule is Cc1ccc(F)cc1-c1noc(CC(=O)C(F)(F)F)n1. The summed E-state index contributed by atoms with van der Waals surface area (Å²) in [6.07, 6.45) is -5.99. The molecule has 1 heterocycles. The van der Waals surface area contributed by atoms with Gasteiger partial charge in [-0.1, -0.05) is 11.2 Å². The number of aryl methyl sites for hydroxylation is 1. The fraction of sp³-hybridized carbons (Fsp3) is 0.250. The summed E-state index contributed by atoms with van der Waals surface area (Å²) in [6.45, 7) is 1.66. The molecule has 0 saturated heterocycles. The zero-order chi connectivity index (χ0) is 14.9. The number of halogens is 4. The van der Waals surface area contributed by atoms with Gasteiger partial charge in [-0.25, -0.2) is 4.39 Å². The molecule has 0 N–H and O–H groups in total. The lowest BCUT2D eigenvalue weighted by Crippen LogP contribution is -2.24. The van der Waals surface area contributed by atoms with E-state index in [1.54, 1.807) is 6.92 Å². The molecule has 0 unspecified atom stereocenters. The third-order valence-electron chi connectivity index (χ3n) is 2.54. The number of hydrogen-bond donors (Lipinski definition) is 0. The number of benzene rings is 1. The first kappa shape index (κ1) is 14.2. The normalized spacial score (nSPS) is 11.7. The third-order valence-corrected chi connectivity index (χ3v) is 2.54. The molecule has 106 valence electrons. The van der Waals surface area contributed by atoms with Crippen LogP contribution in [-0.4, -0.2) is 22.1 Å². The molecule has 4 nitrogen and oxygen atoms in total. The van der Waals surface area contributed by atoms with Crippen LogP contribution in [0.25, 0.3) is 11.4 Å². The van der Waals surface area contributed by atoms with Gasteiger partial charge in [0.05, 0.1) is 6.42 Å². The second-order valence-corrected chi connectivity index (χ2v) is 4.07. The Balaban J connectivity index is 2.25. The number of aromatic nitrogens is 2. The monoisotopic (exact) mass is 288 g/mol. The molecule has 0 atom stereocenters. The van der Waals surface area contributed by atoms with Gasteiger partial charge >= 0.3 is 6.18 Å². The van der Waals surface area contributed by atoms with Crippen LogP contribution in [0.1, 0.15) is 11.5 Å². The fourth-order valence-electron chi connectivity index (χ4n) is 1.51. The maximum Gasteiger partial charge on any atom is 0.450 e. The van der Waals surface area contributed by atoms with Gasteiger partial charge in [0.1, 0.15) is 5.82 Å². The molecule has 2 aromatic rings. The highest BCUT2D eigenvalue weighted by Crippen LogP contribution is 2.23. The van der Waals surface area contributed by atoms with Crippen LogP contribution >= 0.6 is 0 Å². The van der Waals surface area contributed by atoms with Crippen molar-refractivity contribution >= 4 is 5.78 Å². The number of hydrogen-bond acceptors (Lipinski definition) is 4. The van der Waals surface area contributed by atoms with E-state index in [0.717, 1.165) is 6.07 Å². The summed E-state index contributed by atoms with van der Waals surface area (Å²) >= 11 is 0. The molecule has 0 fully saturated rings. The second kappa shape index (κ2) is 5.03. The van der Waals surface area contributed by atoms with E-state index in [1.807, 2.05) is 0 Å². The number of ketones is 1. The lowest BCUT2D eigenvalue weighted by molar-refractivity contribution is -0.170. The van der Waals surface area contributed by atoms with Crippen molar-refractivity contribution in [2.45, 2.75) is 19.5 Å². The molecule has 20 heavy (non-hydrogen) atoms. The number of alkyl halides is 3. The van der Waals surface area contributed by atoms with E-state index in [1.165, 1.54) is 12.1 Å². The van der Waals surface area contributed by atoms with Crippen LogP contribution in [0.5, 0.6) is 0 Å². The number of nitrogens with zero attached hydrogens (tertiary/aromatic N) is 2. The van der Waals surface area contributed by atoms with Crippen molar-refractivity contribution < 1.29 is 26.9 Å². The molecular formula is C12H8F4N2O2. The lowest BCUT2D eigenvalue weighted by atomic mass is 10.1. The Morgan fingerprint density at radius 1 is 1.35 bits per heavy atom. The van der Waals surface area contributed by atoms with E-state index in [4.69, 9.17) is 0 Å². The molecule has 0 radical (unpaired) electrons. The highest BCUT2D eigenvalue weighted by molar-refractivity contribution is 5.85. The fourth-order valence-corrected chi connectivity index (χ4v) is 1.51. The van der Waals surface area contributed by atoms with Gasteiger partial charge in [-0.15, -0.1) is 0 Å². The highest BCUT2D eigenvalue weighted by atomic mass is 19.4. The van der Waals surface area contributed by atoms with E-state index in [-0.39, 0.29) is 5.82 Å². The van der Waals surface area contributed by atoms with Crippen LogP contribution in [0, 0.1) is 12.7 Å². The zero-order valence-corrected chi connectivity index (χ0v) is 10.2. The predicted octanol–water partition coefficient (Wildman–Crippen LogP) is 2.86. The van der Waals surface area contributed by atoms with E-state index in [9.17, 15) is 22.4 Å². The molecule has 8 heteroatoms. The molecule has 1 aromatic carbocycles. The van der Waals surface area contributed by atoms with Crippen LogP contribution in [0.3, 0.4) is 0 Å². The minimum atomic E-state index is -4.95. The van der Waals surface area contributed by atoms with Crippen LogP contribution in [-0.2, 0) is 11.2 Å². The van der Waals surface area contributed by atoms with Gasteiger partial charge in [0.2, 0.25) is 17.5 Å². The number of Topliss-reactive ketones (excluding diaryl/α,β-unsaturated/α-hetero) is 1. The van der Waals surface area contributed by atoms with Crippen molar-refractivity contribution in [3.05, 3.63) is 35.5 Å². The molecule has 2 rings (SSSR count). The van der Waals surface area contributed by atoms with Gasteiger partial charge in [-0.2, -0.15) is 18.2 Å². The number of carbonyl (C=O) groups excluding carboxylic acids is 1. The first-order valence-electron chi connectivity index (χ1n) is 5.46. The molecule has 1 aromatic heterocycles. The molecule has 0 spiro atoms. The Bertz CT molecular complexity index is 649. The Labute approximate surface area is 110 Å². The van der Waals surface area contributed by atoms with Gasteiger partial charge < -0.3 is 4.52 Å². The van der Waals surface area contributed by atoms with E-state index in [0.29, 0.717) is 11.1 Å². The predicted molar refractivity (Wildman–Crippen MR) is 59.2 cm³/mol. The molecule has 0 aliphatic heterocycles. The quantitative estimate of drug-likeness (QED) is 0.815. The lowest BCUT2D eigenvalue weighted by Gasteiger charge is -2.01. The molecule has 0 bridgehead atoms. The summed E-state index contributed by atoms with van der Waals surface area (Å²) in [6, 6.07) is 3.84. The van der Waals surface area contributed by atoms with Crippen molar-refractivity contribution in [2.75, 3.05) is 0 Å². The topological polar surface area (TPSA) is 56.0 Å². The summed E-state index contributed by atoms with van der Waals surface area (Å²) in [7, 11) is 0. The summed E-state index contributed by atoms with van der Waals surface area (Å²) in [5.41, 5.74) is 0.917. The van der Waals surface area contributed by atoms with Gasteiger partial charge in [-0.3, -0.25) is 4.79 Å². The van der Waals surface area contributed by atoms with Crippen LogP contribution in [0.4, 0.5) is 17.6 Å². The standard InChI is InChI=1S/C12H8F4N2O2/c1-6-2-3-7(13)4-8(6)11-17-10(20-18-11)5-9(19)12(14,15)16/h2-4H,5H2,1H3. The van der Waals surface area contributed by atoms with Crippen LogP contribution in [0.15, 0.2) is 22.7 Å².